The maximum Gasteiger partial charge on any atom is 1.00 e. The van der Waals surface area contributed by atoms with Crippen LogP contribution in [-0.4, -0.2) is 30.7 Å². The van der Waals surface area contributed by atoms with Gasteiger partial charge in [-0.15, -0.1) is 11.4 Å². The fourth-order valence-electron chi connectivity index (χ4n) is 1.70. The number of nitrogens with zero attached hydrogens (tertiary/aromatic N) is 3. The predicted molar refractivity (Wildman–Crippen MR) is 67.9 cm³/mol. The first kappa shape index (κ1) is 15.8. The van der Waals surface area contributed by atoms with Gasteiger partial charge in [-0.25, -0.2) is 0 Å². The summed E-state index contributed by atoms with van der Waals surface area (Å²) in [5.74, 6) is -0.00636. The Labute approximate surface area is 134 Å². The third kappa shape index (κ3) is 3.00. The van der Waals surface area contributed by atoms with E-state index in [1.807, 2.05) is 19.1 Å². The minimum atomic E-state index is -0.391. The Morgan fingerprint density at radius 1 is 1.26 bits per heavy atom. The van der Waals surface area contributed by atoms with Gasteiger partial charge < -0.3 is 10.0 Å². The summed E-state index contributed by atoms with van der Waals surface area (Å²) in [7, 11) is 3.49. The van der Waals surface area contributed by atoms with Crippen LogP contribution >= 0.6 is 0 Å². The SMILES string of the molecule is Cc1ccc(N2N=C(N(C)C)/C(=C\[O-])C2=O)cc1.[Na+]. The van der Waals surface area contributed by atoms with E-state index >= 15 is 0 Å². The van der Waals surface area contributed by atoms with Crippen molar-refractivity contribution >= 4 is 17.4 Å². The van der Waals surface area contributed by atoms with Crippen molar-refractivity contribution in [3.8, 4) is 0 Å². The van der Waals surface area contributed by atoms with Gasteiger partial charge >= 0.3 is 29.6 Å². The maximum atomic E-state index is 12.1. The van der Waals surface area contributed by atoms with Crippen molar-refractivity contribution < 1.29 is 39.5 Å². The molecule has 0 saturated carbocycles. The number of amidine groups is 1. The zero-order chi connectivity index (χ0) is 13.3. The molecule has 5 nitrogen and oxygen atoms in total. The number of amides is 1. The molecule has 0 spiro atoms. The van der Waals surface area contributed by atoms with Crippen LogP contribution in [0.2, 0.25) is 0 Å². The fourth-order valence-corrected chi connectivity index (χ4v) is 1.70. The van der Waals surface area contributed by atoms with Crippen molar-refractivity contribution in [3.63, 3.8) is 0 Å². The second-order valence-electron chi connectivity index (χ2n) is 4.30. The van der Waals surface area contributed by atoms with Crippen LogP contribution in [0.1, 0.15) is 5.56 Å². The molecule has 0 aromatic heterocycles. The van der Waals surface area contributed by atoms with Gasteiger partial charge in [0, 0.05) is 14.1 Å². The van der Waals surface area contributed by atoms with Gasteiger partial charge in [-0.1, -0.05) is 17.7 Å². The molecule has 0 N–H and O–H groups in total. The number of anilines is 1. The van der Waals surface area contributed by atoms with E-state index in [0.717, 1.165) is 5.56 Å². The van der Waals surface area contributed by atoms with Gasteiger partial charge in [-0.05, 0) is 19.1 Å². The first-order valence-electron chi connectivity index (χ1n) is 5.54. The molecule has 19 heavy (non-hydrogen) atoms. The molecular formula is C13H14N3NaO2. The normalized spacial score (nSPS) is 16.4. The standard InChI is InChI=1S/C13H15N3O2.Na/c1-9-4-6-10(7-5-9)16-13(18)11(8-17)12(14-16)15(2)3;/h4-8,17H,1-3H3;/q;+1/p-1/b11-8+;. The largest absolute Gasteiger partial charge is 1.00 e. The van der Waals surface area contributed by atoms with Crippen LogP contribution in [-0.2, 0) is 4.79 Å². The second-order valence-corrected chi connectivity index (χ2v) is 4.30. The van der Waals surface area contributed by atoms with Gasteiger partial charge in [-0.3, -0.25) is 4.79 Å². The molecule has 0 radical (unpaired) electrons. The number of carbonyl (C=O) groups is 1. The minimum absolute atomic E-state index is 0. The summed E-state index contributed by atoms with van der Waals surface area (Å²) < 4.78 is 0. The number of benzene rings is 1. The molecule has 94 valence electrons. The van der Waals surface area contributed by atoms with E-state index in [-0.39, 0.29) is 35.1 Å². The molecule has 1 aromatic carbocycles. The monoisotopic (exact) mass is 267 g/mol. The van der Waals surface area contributed by atoms with Crippen molar-refractivity contribution in [2.24, 2.45) is 5.10 Å². The van der Waals surface area contributed by atoms with Gasteiger partial charge in [0.05, 0.1) is 11.3 Å². The van der Waals surface area contributed by atoms with Crippen molar-refractivity contribution in [1.29, 1.82) is 0 Å². The van der Waals surface area contributed by atoms with E-state index in [0.29, 0.717) is 17.8 Å². The third-order valence-electron chi connectivity index (χ3n) is 2.68. The maximum absolute atomic E-state index is 12.1. The van der Waals surface area contributed by atoms with Crippen LogP contribution in [0.4, 0.5) is 5.69 Å². The average molecular weight is 267 g/mol. The number of hydrazone groups is 1. The van der Waals surface area contributed by atoms with Gasteiger partial charge in [0.25, 0.3) is 5.91 Å². The molecule has 0 bridgehead atoms. The van der Waals surface area contributed by atoms with Crippen LogP contribution in [0.15, 0.2) is 41.2 Å². The van der Waals surface area contributed by atoms with Crippen molar-refractivity contribution in [2.75, 3.05) is 19.1 Å². The van der Waals surface area contributed by atoms with Gasteiger partial charge in [0.1, 0.15) is 0 Å². The predicted octanol–water partition coefficient (Wildman–Crippen LogP) is -2.54. The molecule has 0 aliphatic carbocycles. The van der Waals surface area contributed by atoms with E-state index in [1.165, 1.54) is 5.01 Å². The molecule has 0 unspecified atom stereocenters. The van der Waals surface area contributed by atoms with Crippen molar-refractivity contribution in [2.45, 2.75) is 6.92 Å². The number of hydrogen-bond donors (Lipinski definition) is 0. The smallest absolute Gasteiger partial charge is 0.877 e. The summed E-state index contributed by atoms with van der Waals surface area (Å²) in [4.78, 5) is 13.7. The topological polar surface area (TPSA) is 59.0 Å². The summed E-state index contributed by atoms with van der Waals surface area (Å²) in [5.41, 5.74) is 1.84. The number of rotatable bonds is 1. The summed E-state index contributed by atoms with van der Waals surface area (Å²) in [6, 6.07) is 7.40. The van der Waals surface area contributed by atoms with Crippen LogP contribution in [0, 0.1) is 6.92 Å². The van der Waals surface area contributed by atoms with Crippen LogP contribution < -0.4 is 39.7 Å². The van der Waals surface area contributed by atoms with Gasteiger partial charge in [0.2, 0.25) is 0 Å². The molecule has 0 atom stereocenters. The van der Waals surface area contributed by atoms with Crippen molar-refractivity contribution in [3.05, 3.63) is 41.7 Å². The Balaban J connectivity index is 0.00000180. The Bertz CT molecular complexity index is 535. The van der Waals surface area contributed by atoms with E-state index in [9.17, 15) is 9.90 Å². The van der Waals surface area contributed by atoms with Crippen LogP contribution in [0.25, 0.3) is 0 Å². The number of likely N-dealkylation sites (N-methyl/N-ethyl adjacent to an activating group) is 1. The number of carbonyl (C=O) groups excluding carboxylic acids is 1. The van der Waals surface area contributed by atoms with E-state index in [2.05, 4.69) is 5.10 Å². The summed E-state index contributed by atoms with van der Waals surface area (Å²) in [5, 5.41) is 16.4. The zero-order valence-electron chi connectivity index (χ0n) is 11.5. The van der Waals surface area contributed by atoms with Crippen LogP contribution in [0.3, 0.4) is 0 Å². The Kier molecular flexibility index (Phi) is 5.17. The molecule has 1 aliphatic rings. The number of hydrogen-bond acceptors (Lipinski definition) is 4. The molecule has 2 rings (SSSR count). The molecule has 6 heteroatoms. The molecule has 0 saturated heterocycles. The third-order valence-corrected chi connectivity index (χ3v) is 2.68. The average Bonchev–Trinajstić information content (AvgIpc) is 2.67. The molecule has 1 heterocycles. The Morgan fingerprint density at radius 3 is 2.26 bits per heavy atom. The Hall–Kier alpha value is -1.30. The zero-order valence-corrected chi connectivity index (χ0v) is 13.5. The first-order chi connectivity index (χ1) is 8.54. The fraction of sp³-hybridized carbons (Fsp3) is 0.231. The van der Waals surface area contributed by atoms with E-state index in [1.54, 1.807) is 31.1 Å². The van der Waals surface area contributed by atoms with Crippen LogP contribution in [0.5, 0.6) is 0 Å². The quantitative estimate of drug-likeness (QED) is 0.320. The first-order valence-corrected chi connectivity index (χ1v) is 5.54. The summed E-state index contributed by atoms with van der Waals surface area (Å²) >= 11 is 0. The molecular weight excluding hydrogens is 253 g/mol. The second kappa shape index (κ2) is 6.23. The molecule has 1 aliphatic heterocycles. The minimum Gasteiger partial charge on any atom is -0.877 e. The van der Waals surface area contributed by atoms with E-state index < -0.39 is 5.91 Å². The summed E-state index contributed by atoms with van der Waals surface area (Å²) in [6.07, 6.45) is 0.551. The molecule has 0 fully saturated rings. The van der Waals surface area contributed by atoms with E-state index in [4.69, 9.17) is 0 Å². The van der Waals surface area contributed by atoms with Gasteiger partial charge in [-0.2, -0.15) is 5.01 Å². The van der Waals surface area contributed by atoms with Crippen molar-refractivity contribution in [1.82, 2.24) is 4.90 Å². The molecule has 1 aromatic rings. The number of aryl methyl sites for hydroxylation is 1. The Morgan fingerprint density at radius 2 is 1.84 bits per heavy atom. The molecule has 1 amide bonds. The summed E-state index contributed by atoms with van der Waals surface area (Å²) in [6.45, 7) is 1.97. The van der Waals surface area contributed by atoms with Gasteiger partial charge in [0.15, 0.2) is 5.84 Å².